The minimum absolute atomic E-state index is 0.350. The first-order chi connectivity index (χ1) is 9.13. The molecule has 2 aromatic carbocycles. The minimum atomic E-state index is -0.350. The lowest BCUT2D eigenvalue weighted by Crippen LogP contribution is -2.19. The Kier molecular flexibility index (Phi) is 3.16. The van der Waals surface area contributed by atoms with Crippen LogP contribution in [0.4, 0.5) is 0 Å². The number of aryl methyl sites for hydroxylation is 2. The Hall–Kier alpha value is -1.60. The van der Waals surface area contributed by atoms with Crippen molar-refractivity contribution in [2.75, 3.05) is 0 Å². The average Bonchev–Trinajstić information content (AvgIpc) is 2.34. The summed E-state index contributed by atoms with van der Waals surface area (Å²) < 4.78 is 0. The van der Waals surface area contributed by atoms with E-state index in [0.29, 0.717) is 5.92 Å². The van der Waals surface area contributed by atoms with Crippen LogP contribution in [0.3, 0.4) is 0 Å². The van der Waals surface area contributed by atoms with Crippen LogP contribution >= 0.6 is 0 Å². The SMILES string of the molecule is Cc1cc(C)cc(C(O)CC2Cc3ccccc32)c1. The average molecular weight is 252 g/mol. The lowest BCUT2D eigenvalue weighted by Gasteiger charge is -2.31. The molecule has 0 fully saturated rings. The fraction of sp³-hybridized carbons (Fsp3) is 0.333. The van der Waals surface area contributed by atoms with E-state index in [4.69, 9.17) is 0 Å². The summed E-state index contributed by atoms with van der Waals surface area (Å²) in [6, 6.07) is 14.9. The van der Waals surface area contributed by atoms with Crippen molar-refractivity contribution in [3.63, 3.8) is 0 Å². The van der Waals surface area contributed by atoms with Crippen LogP contribution in [0, 0.1) is 13.8 Å². The molecule has 2 atom stereocenters. The minimum Gasteiger partial charge on any atom is -0.388 e. The van der Waals surface area contributed by atoms with Crippen molar-refractivity contribution < 1.29 is 5.11 Å². The second-order valence-electron chi connectivity index (χ2n) is 5.77. The molecule has 1 N–H and O–H groups in total. The molecule has 98 valence electrons. The first-order valence-electron chi connectivity index (χ1n) is 6.97. The Morgan fingerprint density at radius 2 is 1.79 bits per heavy atom. The van der Waals surface area contributed by atoms with E-state index in [1.807, 2.05) is 0 Å². The fourth-order valence-corrected chi connectivity index (χ4v) is 3.18. The van der Waals surface area contributed by atoms with E-state index < -0.39 is 0 Å². The van der Waals surface area contributed by atoms with Crippen LogP contribution in [0.1, 0.15) is 46.3 Å². The molecule has 1 aliphatic rings. The smallest absolute Gasteiger partial charge is 0.0796 e. The highest BCUT2D eigenvalue weighted by Crippen LogP contribution is 2.40. The number of benzene rings is 2. The number of hydrogen-bond donors (Lipinski definition) is 1. The second-order valence-corrected chi connectivity index (χ2v) is 5.77. The highest BCUT2D eigenvalue weighted by atomic mass is 16.3. The molecule has 0 aliphatic heterocycles. The van der Waals surface area contributed by atoms with Gasteiger partial charge in [-0.25, -0.2) is 0 Å². The van der Waals surface area contributed by atoms with Crippen molar-refractivity contribution in [2.24, 2.45) is 0 Å². The summed E-state index contributed by atoms with van der Waals surface area (Å²) in [6.45, 7) is 4.17. The van der Waals surface area contributed by atoms with Gasteiger partial charge in [0, 0.05) is 0 Å². The number of rotatable bonds is 3. The maximum atomic E-state index is 10.4. The third kappa shape index (κ3) is 2.43. The van der Waals surface area contributed by atoms with Gasteiger partial charge in [0.05, 0.1) is 6.10 Å². The van der Waals surface area contributed by atoms with Crippen LogP contribution in [0.25, 0.3) is 0 Å². The Morgan fingerprint density at radius 3 is 2.47 bits per heavy atom. The van der Waals surface area contributed by atoms with Crippen LogP contribution in [-0.4, -0.2) is 5.11 Å². The molecule has 0 saturated heterocycles. The largest absolute Gasteiger partial charge is 0.388 e. The van der Waals surface area contributed by atoms with E-state index in [0.717, 1.165) is 18.4 Å². The van der Waals surface area contributed by atoms with Gasteiger partial charge in [0.25, 0.3) is 0 Å². The van der Waals surface area contributed by atoms with Gasteiger partial charge in [-0.2, -0.15) is 0 Å². The third-order valence-electron chi connectivity index (χ3n) is 4.10. The summed E-state index contributed by atoms with van der Waals surface area (Å²) in [5.41, 5.74) is 6.37. The van der Waals surface area contributed by atoms with Gasteiger partial charge in [0.15, 0.2) is 0 Å². The van der Waals surface area contributed by atoms with Gasteiger partial charge in [0.2, 0.25) is 0 Å². The second kappa shape index (κ2) is 4.82. The van der Waals surface area contributed by atoms with Crippen LogP contribution in [0.5, 0.6) is 0 Å². The van der Waals surface area contributed by atoms with E-state index in [-0.39, 0.29) is 6.10 Å². The number of aliphatic hydroxyl groups excluding tert-OH is 1. The monoisotopic (exact) mass is 252 g/mol. The topological polar surface area (TPSA) is 20.2 Å². The summed E-state index contributed by atoms with van der Waals surface area (Å²) in [5.74, 6) is 0.520. The summed E-state index contributed by atoms with van der Waals surface area (Å²) >= 11 is 0. The van der Waals surface area contributed by atoms with Gasteiger partial charge in [-0.1, -0.05) is 53.6 Å². The summed E-state index contributed by atoms with van der Waals surface area (Å²) in [7, 11) is 0. The molecule has 0 bridgehead atoms. The maximum Gasteiger partial charge on any atom is 0.0796 e. The molecule has 1 heteroatoms. The molecular formula is C18H20O. The summed E-state index contributed by atoms with van der Waals surface area (Å²) in [4.78, 5) is 0. The molecular weight excluding hydrogens is 232 g/mol. The highest BCUT2D eigenvalue weighted by Gasteiger charge is 2.27. The Bertz CT molecular complexity index is 580. The van der Waals surface area contributed by atoms with Crippen molar-refractivity contribution in [1.82, 2.24) is 0 Å². The molecule has 1 aliphatic carbocycles. The molecule has 0 radical (unpaired) electrons. The molecule has 3 rings (SSSR count). The predicted molar refractivity (Wildman–Crippen MR) is 78.4 cm³/mol. The van der Waals surface area contributed by atoms with Gasteiger partial charge in [-0.3, -0.25) is 0 Å². The molecule has 2 aromatic rings. The highest BCUT2D eigenvalue weighted by molar-refractivity contribution is 5.40. The van der Waals surface area contributed by atoms with Gasteiger partial charge >= 0.3 is 0 Å². The predicted octanol–water partition coefficient (Wildman–Crippen LogP) is 4.07. The third-order valence-corrected chi connectivity index (χ3v) is 4.10. The van der Waals surface area contributed by atoms with Crippen molar-refractivity contribution >= 4 is 0 Å². The number of hydrogen-bond acceptors (Lipinski definition) is 1. The molecule has 0 saturated carbocycles. The Labute approximate surface area is 114 Å². The van der Waals surface area contributed by atoms with Crippen LogP contribution in [0.2, 0.25) is 0 Å². The van der Waals surface area contributed by atoms with Gasteiger partial charge in [0.1, 0.15) is 0 Å². The van der Waals surface area contributed by atoms with Crippen LogP contribution in [-0.2, 0) is 6.42 Å². The molecule has 0 aromatic heterocycles. The number of aliphatic hydroxyl groups is 1. The standard InChI is InChI=1S/C18H20O/c1-12-7-13(2)9-16(8-12)18(19)11-15-10-14-5-3-4-6-17(14)15/h3-9,15,18-19H,10-11H2,1-2H3. The van der Waals surface area contributed by atoms with Gasteiger partial charge in [-0.15, -0.1) is 0 Å². The lowest BCUT2D eigenvalue weighted by atomic mass is 9.74. The quantitative estimate of drug-likeness (QED) is 0.873. The molecule has 2 unspecified atom stereocenters. The maximum absolute atomic E-state index is 10.4. The van der Waals surface area contributed by atoms with Crippen molar-refractivity contribution in [3.05, 3.63) is 70.3 Å². The van der Waals surface area contributed by atoms with Crippen LogP contribution < -0.4 is 0 Å². The van der Waals surface area contributed by atoms with Crippen molar-refractivity contribution in [2.45, 2.75) is 38.7 Å². The number of fused-ring (bicyclic) bond motifs is 1. The zero-order valence-electron chi connectivity index (χ0n) is 11.6. The van der Waals surface area contributed by atoms with E-state index in [9.17, 15) is 5.11 Å². The van der Waals surface area contributed by atoms with E-state index >= 15 is 0 Å². The zero-order valence-corrected chi connectivity index (χ0v) is 11.6. The van der Waals surface area contributed by atoms with E-state index in [1.165, 1.54) is 22.3 Å². The molecule has 19 heavy (non-hydrogen) atoms. The Morgan fingerprint density at radius 1 is 1.11 bits per heavy atom. The fourth-order valence-electron chi connectivity index (χ4n) is 3.18. The van der Waals surface area contributed by atoms with E-state index in [2.05, 4.69) is 56.3 Å². The molecule has 0 spiro atoms. The Balaban J connectivity index is 1.74. The van der Waals surface area contributed by atoms with Crippen molar-refractivity contribution in [3.8, 4) is 0 Å². The first-order valence-corrected chi connectivity index (χ1v) is 6.97. The van der Waals surface area contributed by atoms with Gasteiger partial charge < -0.3 is 5.11 Å². The summed E-state index contributed by atoms with van der Waals surface area (Å²) in [6.07, 6.45) is 1.59. The molecule has 1 nitrogen and oxygen atoms in total. The normalized spacial score (nSPS) is 18.6. The van der Waals surface area contributed by atoms with E-state index in [1.54, 1.807) is 0 Å². The molecule has 0 amide bonds. The van der Waals surface area contributed by atoms with Crippen LogP contribution in [0.15, 0.2) is 42.5 Å². The first kappa shape index (κ1) is 12.4. The molecule has 0 heterocycles. The lowest BCUT2D eigenvalue weighted by molar-refractivity contribution is 0.153. The summed E-state index contributed by atoms with van der Waals surface area (Å²) in [5, 5.41) is 10.4. The zero-order chi connectivity index (χ0) is 13.4. The van der Waals surface area contributed by atoms with Crippen molar-refractivity contribution in [1.29, 1.82) is 0 Å². The van der Waals surface area contributed by atoms with Gasteiger partial charge in [-0.05, 0) is 49.3 Å².